The first kappa shape index (κ1) is 30.5. The second-order valence-electron chi connectivity index (χ2n) is 8.76. The fourth-order valence-corrected chi connectivity index (χ4v) is 6.08. The van der Waals surface area contributed by atoms with Crippen molar-refractivity contribution in [2.24, 2.45) is 11.5 Å². The van der Waals surface area contributed by atoms with E-state index < -0.39 is 21.8 Å². The molecule has 2 aromatic rings. The summed E-state index contributed by atoms with van der Waals surface area (Å²) in [6, 6.07) is 8.23. The molecule has 0 radical (unpaired) electrons. The van der Waals surface area contributed by atoms with Crippen molar-refractivity contribution in [2.45, 2.75) is 42.1 Å². The van der Waals surface area contributed by atoms with Crippen LogP contribution in [0.5, 0.6) is 5.75 Å². The van der Waals surface area contributed by atoms with Gasteiger partial charge in [-0.2, -0.15) is 0 Å². The number of carbonyl (C=O) groups excluding carboxylic acids is 4. The average molecular weight is 595 g/mol. The van der Waals surface area contributed by atoms with E-state index in [1.165, 1.54) is 0 Å². The smallest absolute Gasteiger partial charge is 0.265 e. The second kappa shape index (κ2) is 14.4. The van der Waals surface area contributed by atoms with Gasteiger partial charge in [-0.3, -0.25) is 19.2 Å². The van der Waals surface area contributed by atoms with Crippen molar-refractivity contribution in [3.05, 3.63) is 52.4 Å². The number of thiophene rings is 1. The first-order valence-electron chi connectivity index (χ1n) is 12.2. The van der Waals surface area contributed by atoms with Crippen LogP contribution in [0.25, 0.3) is 0 Å². The third-order valence-corrected chi connectivity index (χ3v) is 8.69. The Hall–Kier alpha value is -3.06. The normalized spacial score (nSPS) is 18.1. The Morgan fingerprint density at radius 3 is 2.54 bits per heavy atom. The summed E-state index contributed by atoms with van der Waals surface area (Å²) in [5.74, 6) is -1.09. The number of anilines is 2. The summed E-state index contributed by atoms with van der Waals surface area (Å²) in [7, 11) is 1.57. The number of benzene rings is 1. The lowest BCUT2D eigenvalue weighted by molar-refractivity contribution is -0.119. The van der Waals surface area contributed by atoms with Gasteiger partial charge in [-0.15, -0.1) is 23.1 Å². The van der Waals surface area contributed by atoms with Crippen molar-refractivity contribution in [1.82, 2.24) is 0 Å². The van der Waals surface area contributed by atoms with E-state index in [9.17, 15) is 19.2 Å². The average Bonchev–Trinajstić information content (AvgIpc) is 3.54. The van der Waals surface area contributed by atoms with Crippen molar-refractivity contribution in [2.75, 3.05) is 31.0 Å². The Morgan fingerprint density at radius 2 is 1.85 bits per heavy atom. The zero-order valence-electron chi connectivity index (χ0n) is 21.4. The third kappa shape index (κ3) is 8.72. The molecule has 3 rings (SSSR count). The molecule has 1 aromatic heterocycles. The monoisotopic (exact) mass is 594 g/mol. The molecule has 2 atom stereocenters. The van der Waals surface area contributed by atoms with Gasteiger partial charge in [0.25, 0.3) is 5.91 Å². The SMILES string of the molecule is COCCOc1ccc(Cl)cc1NC(=O)c1ccc(NC(=O)CCCCCC2(C(N)=O)C=CC(C(N)=O)S2)s1. The number of thioether (sulfide) groups is 1. The van der Waals surface area contributed by atoms with Gasteiger partial charge in [-0.1, -0.05) is 36.6 Å². The Labute approximate surface area is 239 Å². The van der Waals surface area contributed by atoms with Gasteiger partial charge < -0.3 is 31.6 Å². The minimum absolute atomic E-state index is 0.180. The minimum atomic E-state index is -0.947. The van der Waals surface area contributed by atoms with Crippen LogP contribution in [-0.4, -0.2) is 53.9 Å². The molecule has 6 N–H and O–H groups in total. The molecule has 2 heterocycles. The summed E-state index contributed by atoms with van der Waals surface area (Å²) in [6.07, 6.45) is 5.98. The van der Waals surface area contributed by atoms with Crippen LogP contribution in [0.1, 0.15) is 41.8 Å². The Morgan fingerprint density at radius 1 is 1.05 bits per heavy atom. The quantitative estimate of drug-likeness (QED) is 0.179. The summed E-state index contributed by atoms with van der Waals surface area (Å²) in [6.45, 7) is 0.708. The number of ether oxygens (including phenoxy) is 2. The molecule has 0 spiro atoms. The van der Waals surface area contributed by atoms with Crippen LogP contribution in [0.4, 0.5) is 10.7 Å². The summed E-state index contributed by atoms with van der Waals surface area (Å²) in [4.78, 5) is 49.0. The number of hydrogen-bond donors (Lipinski definition) is 4. The highest BCUT2D eigenvalue weighted by atomic mass is 35.5. The zero-order valence-corrected chi connectivity index (χ0v) is 23.8. The third-order valence-electron chi connectivity index (χ3n) is 5.85. The first-order chi connectivity index (χ1) is 18.6. The van der Waals surface area contributed by atoms with Gasteiger partial charge in [-0.25, -0.2) is 0 Å². The van der Waals surface area contributed by atoms with Crippen LogP contribution in [0.2, 0.25) is 5.02 Å². The number of nitrogens with one attached hydrogen (secondary N) is 2. The minimum Gasteiger partial charge on any atom is -0.489 e. The van der Waals surface area contributed by atoms with E-state index in [4.69, 9.17) is 32.5 Å². The van der Waals surface area contributed by atoms with E-state index in [1.54, 1.807) is 49.6 Å². The molecule has 0 bridgehead atoms. The van der Waals surface area contributed by atoms with Crippen LogP contribution in [0, 0.1) is 0 Å². The van der Waals surface area contributed by atoms with E-state index in [1.807, 2.05) is 0 Å². The van der Waals surface area contributed by atoms with Crippen molar-refractivity contribution in [3.8, 4) is 5.75 Å². The summed E-state index contributed by atoms with van der Waals surface area (Å²) in [5.41, 5.74) is 11.3. The lowest BCUT2D eigenvalue weighted by atomic mass is 9.98. The van der Waals surface area contributed by atoms with Gasteiger partial charge in [-0.05, 0) is 43.2 Å². The fraction of sp³-hybridized carbons (Fsp3) is 0.385. The van der Waals surface area contributed by atoms with Crippen molar-refractivity contribution in [1.29, 1.82) is 0 Å². The number of methoxy groups -OCH3 is 1. The standard InChI is InChI=1S/C26H31ClN4O6S2/c1-36-13-14-37-18-7-6-16(27)15-17(18)30-24(34)20-8-9-22(38-20)31-21(32)5-3-2-4-11-26(25(29)35)12-10-19(39-26)23(28)33/h6-10,12,15,19H,2-5,11,13-14H2,1H3,(H2,28,33)(H2,29,35)(H,30,34)(H,31,32). The number of hydrogen-bond acceptors (Lipinski definition) is 8. The molecule has 2 unspecified atom stereocenters. The maximum absolute atomic E-state index is 12.8. The lowest BCUT2D eigenvalue weighted by Crippen LogP contribution is -2.39. The second-order valence-corrected chi connectivity index (χ2v) is 11.8. The topological polar surface area (TPSA) is 163 Å². The van der Waals surface area contributed by atoms with E-state index in [2.05, 4.69) is 10.6 Å². The molecule has 0 saturated carbocycles. The van der Waals surface area contributed by atoms with Crippen LogP contribution in [-0.2, 0) is 19.1 Å². The number of primary amides is 2. The summed E-state index contributed by atoms with van der Waals surface area (Å²) >= 11 is 8.39. The van der Waals surface area contributed by atoms with Gasteiger partial charge in [0, 0.05) is 18.6 Å². The molecule has 4 amide bonds. The molecule has 1 aliphatic heterocycles. The van der Waals surface area contributed by atoms with Crippen LogP contribution in [0.3, 0.4) is 0 Å². The number of nitrogens with two attached hydrogens (primary N) is 2. The molecule has 0 aliphatic carbocycles. The zero-order chi connectivity index (χ0) is 28.4. The number of amides is 4. The van der Waals surface area contributed by atoms with Gasteiger partial charge in [0.2, 0.25) is 17.7 Å². The van der Waals surface area contributed by atoms with Crippen LogP contribution < -0.4 is 26.8 Å². The Bertz CT molecular complexity index is 1240. The number of halogens is 1. The highest BCUT2D eigenvalue weighted by Gasteiger charge is 2.42. The predicted octanol–water partition coefficient (Wildman–Crippen LogP) is 3.95. The van der Waals surface area contributed by atoms with Crippen molar-refractivity contribution < 1.29 is 28.7 Å². The molecule has 10 nitrogen and oxygen atoms in total. The number of unbranched alkanes of at least 4 members (excludes halogenated alkanes) is 2. The summed E-state index contributed by atoms with van der Waals surface area (Å²) in [5, 5.41) is 6.03. The van der Waals surface area contributed by atoms with Crippen molar-refractivity contribution in [3.63, 3.8) is 0 Å². The Balaban J connectivity index is 1.44. The highest BCUT2D eigenvalue weighted by Crippen LogP contribution is 2.41. The number of rotatable bonds is 15. The van der Waals surface area contributed by atoms with Crippen LogP contribution in [0.15, 0.2) is 42.5 Å². The largest absolute Gasteiger partial charge is 0.489 e. The van der Waals surface area contributed by atoms with Crippen LogP contribution >= 0.6 is 34.7 Å². The molecule has 210 valence electrons. The molecule has 0 fully saturated rings. The van der Waals surface area contributed by atoms with E-state index in [0.717, 1.165) is 23.1 Å². The Kier molecular flexibility index (Phi) is 11.2. The number of carbonyl (C=O) groups is 4. The maximum atomic E-state index is 12.8. The van der Waals surface area contributed by atoms with Gasteiger partial charge in [0.05, 0.1) is 22.2 Å². The van der Waals surface area contributed by atoms with Crippen molar-refractivity contribution >= 4 is 69.0 Å². The molecule has 1 aliphatic rings. The molecule has 39 heavy (non-hydrogen) atoms. The summed E-state index contributed by atoms with van der Waals surface area (Å²) < 4.78 is 9.68. The molecular formula is C26H31ClN4O6S2. The van der Waals surface area contributed by atoms with E-state index in [-0.39, 0.29) is 18.2 Å². The molecule has 13 heteroatoms. The first-order valence-corrected chi connectivity index (χ1v) is 14.3. The predicted molar refractivity (Wildman–Crippen MR) is 154 cm³/mol. The van der Waals surface area contributed by atoms with Gasteiger partial charge >= 0.3 is 0 Å². The fourth-order valence-electron chi connectivity index (χ4n) is 3.83. The van der Waals surface area contributed by atoms with Gasteiger partial charge in [0.1, 0.15) is 22.4 Å². The molecule has 1 aromatic carbocycles. The van der Waals surface area contributed by atoms with E-state index in [0.29, 0.717) is 65.2 Å². The van der Waals surface area contributed by atoms with E-state index >= 15 is 0 Å². The maximum Gasteiger partial charge on any atom is 0.265 e. The molecule has 0 saturated heterocycles. The molecular weight excluding hydrogens is 564 g/mol. The lowest BCUT2D eigenvalue weighted by Gasteiger charge is -2.23. The van der Waals surface area contributed by atoms with Gasteiger partial charge in [0.15, 0.2) is 0 Å². The highest BCUT2D eigenvalue weighted by molar-refractivity contribution is 8.03.